The number of fused-ring (bicyclic) bond motifs is 1. The highest BCUT2D eigenvalue weighted by Crippen LogP contribution is 2.35. The van der Waals surface area contributed by atoms with Crippen LogP contribution in [-0.4, -0.2) is 48.9 Å². The molecule has 0 aliphatic heterocycles. The van der Waals surface area contributed by atoms with E-state index in [2.05, 4.69) is 15.1 Å². The first-order valence-corrected chi connectivity index (χ1v) is 11.2. The normalized spacial score (nSPS) is 11.2. The summed E-state index contributed by atoms with van der Waals surface area (Å²) in [6, 6.07) is 9.78. The molecule has 9 heteroatoms. The Labute approximate surface area is 202 Å². The maximum atomic E-state index is 13.2. The topological polar surface area (TPSA) is 89.0 Å². The molecule has 3 heterocycles. The van der Waals surface area contributed by atoms with Gasteiger partial charge in [-0.1, -0.05) is 6.07 Å². The van der Waals surface area contributed by atoms with Crippen LogP contribution in [0, 0.1) is 0 Å². The van der Waals surface area contributed by atoms with Crippen molar-refractivity contribution in [1.82, 2.24) is 28.9 Å². The minimum absolute atomic E-state index is 0.0650. The maximum Gasteiger partial charge on any atom is 0.170 e. The number of carbonyl (C=O) groups excluding carboxylic acids is 1. The Morgan fingerprint density at radius 2 is 1.77 bits per heavy atom. The Hall–Kier alpha value is -4.40. The van der Waals surface area contributed by atoms with Crippen molar-refractivity contribution in [1.29, 1.82) is 0 Å². The van der Waals surface area contributed by atoms with Crippen molar-refractivity contribution in [2.24, 2.45) is 14.1 Å². The summed E-state index contributed by atoms with van der Waals surface area (Å²) < 4.78 is 16.9. The van der Waals surface area contributed by atoms with E-state index >= 15 is 0 Å². The Kier molecular flexibility index (Phi) is 5.82. The second-order valence-corrected chi connectivity index (χ2v) is 8.32. The molecule has 0 aliphatic rings. The largest absolute Gasteiger partial charge is 0.496 e. The van der Waals surface area contributed by atoms with Gasteiger partial charge in [0.25, 0.3) is 0 Å². The van der Waals surface area contributed by atoms with Gasteiger partial charge in [-0.05, 0) is 17.7 Å². The average Bonchev–Trinajstić information content (AvgIpc) is 3.60. The highest BCUT2D eigenvalue weighted by Gasteiger charge is 2.21. The van der Waals surface area contributed by atoms with Gasteiger partial charge in [0.15, 0.2) is 5.78 Å². The van der Waals surface area contributed by atoms with Crippen molar-refractivity contribution in [2.75, 3.05) is 14.2 Å². The second kappa shape index (κ2) is 9.09. The molecule has 0 fully saturated rings. The van der Waals surface area contributed by atoms with E-state index in [-0.39, 0.29) is 5.78 Å². The van der Waals surface area contributed by atoms with Crippen molar-refractivity contribution < 1.29 is 14.3 Å². The zero-order chi connectivity index (χ0) is 24.5. The number of Topliss-reactive ketones (excluding diaryl/α,β-unsaturated/α-hetero) is 1. The van der Waals surface area contributed by atoms with Crippen LogP contribution in [0.3, 0.4) is 0 Å². The molecule has 0 atom stereocenters. The minimum atomic E-state index is -0.0650. The molecule has 0 radical (unpaired) electrons. The van der Waals surface area contributed by atoms with E-state index in [0.717, 1.165) is 33.7 Å². The molecule has 0 aliphatic carbocycles. The van der Waals surface area contributed by atoms with Gasteiger partial charge >= 0.3 is 0 Å². The lowest BCUT2D eigenvalue weighted by atomic mass is 10.0. The molecule has 0 saturated heterocycles. The van der Waals surface area contributed by atoms with Crippen LogP contribution < -0.4 is 9.47 Å². The highest BCUT2D eigenvalue weighted by molar-refractivity contribution is 6.02. The van der Waals surface area contributed by atoms with Gasteiger partial charge in [0.2, 0.25) is 0 Å². The monoisotopic (exact) mass is 470 g/mol. The maximum absolute atomic E-state index is 13.2. The molecule has 0 N–H and O–H groups in total. The smallest absolute Gasteiger partial charge is 0.170 e. The molecule has 3 aromatic heterocycles. The summed E-state index contributed by atoms with van der Waals surface area (Å²) in [6.07, 6.45) is 9.98. The average molecular weight is 471 g/mol. The molecule has 35 heavy (non-hydrogen) atoms. The Balaban J connectivity index is 1.49. The number of hydrogen-bond acceptors (Lipinski definition) is 6. The predicted octanol–water partition coefficient (Wildman–Crippen LogP) is 3.99. The lowest BCUT2D eigenvalue weighted by molar-refractivity contribution is 0.0976. The molecule has 5 aromatic rings. The predicted molar refractivity (Wildman–Crippen MR) is 132 cm³/mol. The van der Waals surface area contributed by atoms with Crippen LogP contribution in [-0.2, 0) is 20.5 Å². The third-order valence-corrected chi connectivity index (χ3v) is 6.13. The van der Waals surface area contributed by atoms with Crippen LogP contribution in [0.5, 0.6) is 11.5 Å². The fourth-order valence-corrected chi connectivity index (χ4v) is 4.27. The van der Waals surface area contributed by atoms with Crippen molar-refractivity contribution in [2.45, 2.75) is 12.8 Å². The van der Waals surface area contributed by atoms with Gasteiger partial charge in [0, 0.05) is 63.2 Å². The zero-order valence-electron chi connectivity index (χ0n) is 20.1. The third kappa shape index (κ3) is 4.16. The fraction of sp³-hybridized carbons (Fsp3) is 0.231. The van der Waals surface area contributed by atoms with Gasteiger partial charge in [-0.3, -0.25) is 14.0 Å². The van der Waals surface area contributed by atoms with Gasteiger partial charge < -0.3 is 14.0 Å². The molecule has 0 amide bonds. The second-order valence-electron chi connectivity index (χ2n) is 8.32. The Morgan fingerprint density at radius 1 is 1.00 bits per heavy atom. The first-order valence-electron chi connectivity index (χ1n) is 11.2. The summed E-state index contributed by atoms with van der Waals surface area (Å²) >= 11 is 0. The van der Waals surface area contributed by atoms with Gasteiger partial charge in [-0.2, -0.15) is 5.10 Å². The number of aromatic nitrogens is 6. The molecule has 0 spiro atoms. The van der Waals surface area contributed by atoms with Crippen LogP contribution in [0.4, 0.5) is 0 Å². The zero-order valence-corrected chi connectivity index (χ0v) is 20.1. The number of ether oxygens (including phenoxy) is 2. The summed E-state index contributed by atoms with van der Waals surface area (Å²) in [4.78, 5) is 22.1. The number of carbonyl (C=O) groups is 1. The summed E-state index contributed by atoms with van der Waals surface area (Å²) in [7, 11) is 6.92. The van der Waals surface area contributed by atoms with Crippen molar-refractivity contribution in [3.05, 3.63) is 72.8 Å². The highest BCUT2D eigenvalue weighted by atomic mass is 16.5. The Bertz CT molecular complexity index is 1500. The lowest BCUT2D eigenvalue weighted by Crippen LogP contribution is -2.09. The third-order valence-electron chi connectivity index (χ3n) is 6.13. The molecule has 9 nitrogen and oxygen atoms in total. The standard InChI is InChI=1S/C26H26N6O3/c1-30-10-9-27-25(30)8-7-22(33)26-23(34-3)12-19(13-24(26)35-4)32-16-28-20-11-17(5-6-21(20)32)18-14-29-31(2)15-18/h5-6,9-16H,7-8H2,1-4H3. The van der Waals surface area contributed by atoms with Gasteiger partial charge in [-0.25, -0.2) is 9.97 Å². The van der Waals surface area contributed by atoms with Crippen molar-refractivity contribution in [3.8, 4) is 28.3 Å². The van der Waals surface area contributed by atoms with Crippen LogP contribution in [0.2, 0.25) is 0 Å². The van der Waals surface area contributed by atoms with E-state index in [0.29, 0.717) is 29.9 Å². The summed E-state index contributed by atoms with van der Waals surface area (Å²) in [5.41, 5.74) is 5.06. The van der Waals surface area contributed by atoms with Gasteiger partial charge in [0.1, 0.15) is 29.2 Å². The van der Waals surface area contributed by atoms with E-state index in [1.807, 2.05) is 72.2 Å². The number of methoxy groups -OCH3 is 2. The van der Waals surface area contributed by atoms with Crippen LogP contribution in [0.25, 0.3) is 27.8 Å². The van der Waals surface area contributed by atoms with Crippen molar-refractivity contribution >= 4 is 16.8 Å². The van der Waals surface area contributed by atoms with E-state index in [1.54, 1.807) is 31.4 Å². The SMILES string of the molecule is COc1cc(-n2cnc3cc(-c4cnn(C)c4)ccc32)cc(OC)c1C(=O)CCc1nccn1C. The fourth-order valence-electron chi connectivity index (χ4n) is 4.27. The number of aryl methyl sites for hydroxylation is 3. The molecule has 178 valence electrons. The number of imidazole rings is 2. The van der Waals surface area contributed by atoms with Gasteiger partial charge in [0.05, 0.1) is 37.1 Å². The van der Waals surface area contributed by atoms with E-state index < -0.39 is 0 Å². The molecule has 5 rings (SSSR count). The lowest BCUT2D eigenvalue weighted by Gasteiger charge is -2.15. The first-order chi connectivity index (χ1) is 17.0. The van der Waals surface area contributed by atoms with E-state index in [1.165, 1.54) is 0 Å². The van der Waals surface area contributed by atoms with Gasteiger partial charge in [-0.15, -0.1) is 0 Å². The van der Waals surface area contributed by atoms with Crippen LogP contribution in [0.15, 0.2) is 61.4 Å². The van der Waals surface area contributed by atoms with Crippen molar-refractivity contribution in [3.63, 3.8) is 0 Å². The number of nitrogens with zero attached hydrogens (tertiary/aromatic N) is 6. The van der Waals surface area contributed by atoms with Crippen LogP contribution >= 0.6 is 0 Å². The molecule has 0 bridgehead atoms. The summed E-state index contributed by atoms with van der Waals surface area (Å²) in [5, 5.41) is 4.25. The quantitative estimate of drug-likeness (QED) is 0.319. The van der Waals surface area contributed by atoms with E-state index in [9.17, 15) is 4.79 Å². The molecule has 0 saturated carbocycles. The Morgan fingerprint density at radius 3 is 2.40 bits per heavy atom. The molecule has 0 unspecified atom stereocenters. The minimum Gasteiger partial charge on any atom is -0.496 e. The number of ketones is 1. The number of benzene rings is 2. The summed E-state index contributed by atoms with van der Waals surface area (Å²) in [6.45, 7) is 0. The number of rotatable bonds is 8. The summed E-state index contributed by atoms with van der Waals surface area (Å²) in [5.74, 6) is 1.70. The van der Waals surface area contributed by atoms with Crippen LogP contribution in [0.1, 0.15) is 22.6 Å². The molecular formula is C26H26N6O3. The first kappa shape index (κ1) is 22.4. The molecular weight excluding hydrogens is 444 g/mol. The van der Waals surface area contributed by atoms with E-state index in [4.69, 9.17) is 9.47 Å². The number of hydrogen-bond donors (Lipinski definition) is 0. The molecule has 2 aromatic carbocycles.